The van der Waals surface area contributed by atoms with Crippen molar-refractivity contribution in [1.29, 1.82) is 0 Å². The second-order valence-corrected chi connectivity index (χ2v) is 5.68. The summed E-state index contributed by atoms with van der Waals surface area (Å²) >= 11 is 0. The van der Waals surface area contributed by atoms with Gasteiger partial charge in [-0.1, -0.05) is 12.1 Å². The minimum Gasteiger partial charge on any atom is -0.497 e. The van der Waals surface area contributed by atoms with Crippen LogP contribution in [0.5, 0.6) is 23.0 Å². The standard InChI is InChI=1S/C19H23NO4/c1-13(14-5-7-17-19(10-14)24-9-8-23-17)20-12-15-4-6-16(21-2)11-18(15)22-3/h4-7,10-11,13,20H,8-9,12H2,1-3H3. The Balaban J connectivity index is 1.68. The van der Waals surface area contributed by atoms with E-state index in [0.29, 0.717) is 19.8 Å². The average molecular weight is 329 g/mol. The summed E-state index contributed by atoms with van der Waals surface area (Å²) in [5.74, 6) is 3.23. The molecule has 1 atom stereocenters. The van der Waals surface area contributed by atoms with Gasteiger partial charge in [0.2, 0.25) is 0 Å². The number of hydrogen-bond donors (Lipinski definition) is 1. The maximum Gasteiger partial charge on any atom is 0.161 e. The van der Waals surface area contributed by atoms with Crippen LogP contribution in [0.1, 0.15) is 24.1 Å². The van der Waals surface area contributed by atoms with Gasteiger partial charge in [-0.3, -0.25) is 0 Å². The molecule has 0 radical (unpaired) electrons. The molecule has 0 saturated carbocycles. The predicted molar refractivity (Wildman–Crippen MR) is 92.2 cm³/mol. The van der Waals surface area contributed by atoms with E-state index in [1.54, 1.807) is 14.2 Å². The summed E-state index contributed by atoms with van der Waals surface area (Å²) in [6, 6.07) is 12.1. The quantitative estimate of drug-likeness (QED) is 0.881. The molecule has 0 spiro atoms. The van der Waals surface area contributed by atoms with E-state index in [0.717, 1.165) is 34.1 Å². The van der Waals surface area contributed by atoms with Gasteiger partial charge < -0.3 is 24.3 Å². The zero-order chi connectivity index (χ0) is 16.9. The Morgan fingerprint density at radius 1 is 1.00 bits per heavy atom. The number of fused-ring (bicyclic) bond motifs is 1. The van der Waals surface area contributed by atoms with E-state index in [9.17, 15) is 0 Å². The molecule has 3 rings (SSSR count). The Bertz CT molecular complexity index is 702. The first kappa shape index (κ1) is 16.5. The highest BCUT2D eigenvalue weighted by Gasteiger charge is 2.15. The molecule has 2 aromatic carbocycles. The lowest BCUT2D eigenvalue weighted by Gasteiger charge is -2.21. The molecule has 1 aliphatic heterocycles. The molecule has 128 valence electrons. The second-order valence-electron chi connectivity index (χ2n) is 5.68. The van der Waals surface area contributed by atoms with Gasteiger partial charge in [0.25, 0.3) is 0 Å². The fourth-order valence-electron chi connectivity index (χ4n) is 2.71. The van der Waals surface area contributed by atoms with Crippen LogP contribution < -0.4 is 24.3 Å². The lowest BCUT2D eigenvalue weighted by Crippen LogP contribution is -2.20. The number of rotatable bonds is 6. The Morgan fingerprint density at radius 3 is 2.54 bits per heavy atom. The summed E-state index contributed by atoms with van der Waals surface area (Å²) in [6.07, 6.45) is 0. The molecular formula is C19H23NO4. The monoisotopic (exact) mass is 329 g/mol. The maximum atomic E-state index is 5.65. The van der Waals surface area contributed by atoms with Gasteiger partial charge in [0, 0.05) is 24.2 Å². The van der Waals surface area contributed by atoms with Crippen LogP contribution in [0.3, 0.4) is 0 Å². The zero-order valence-corrected chi connectivity index (χ0v) is 14.3. The third-order valence-electron chi connectivity index (χ3n) is 4.16. The molecule has 0 amide bonds. The lowest BCUT2D eigenvalue weighted by atomic mass is 10.1. The van der Waals surface area contributed by atoms with E-state index in [1.807, 2.05) is 30.3 Å². The summed E-state index contributed by atoms with van der Waals surface area (Å²) < 4.78 is 21.9. The molecule has 0 aliphatic carbocycles. The molecule has 1 aliphatic rings. The maximum absolute atomic E-state index is 5.65. The summed E-state index contributed by atoms with van der Waals surface area (Å²) in [5.41, 5.74) is 2.24. The molecule has 1 unspecified atom stereocenters. The van der Waals surface area contributed by atoms with Gasteiger partial charge in [0.15, 0.2) is 11.5 Å². The summed E-state index contributed by atoms with van der Waals surface area (Å²) in [4.78, 5) is 0. The van der Waals surface area contributed by atoms with Crippen LogP contribution in [0.15, 0.2) is 36.4 Å². The van der Waals surface area contributed by atoms with Crippen LogP contribution in [-0.2, 0) is 6.54 Å². The zero-order valence-electron chi connectivity index (χ0n) is 14.3. The first-order valence-corrected chi connectivity index (χ1v) is 8.05. The number of hydrogen-bond acceptors (Lipinski definition) is 5. The molecule has 2 aromatic rings. The van der Waals surface area contributed by atoms with E-state index in [1.165, 1.54) is 0 Å². The van der Waals surface area contributed by atoms with Crippen molar-refractivity contribution in [3.8, 4) is 23.0 Å². The van der Waals surface area contributed by atoms with Crippen molar-refractivity contribution in [2.75, 3.05) is 27.4 Å². The highest BCUT2D eigenvalue weighted by molar-refractivity contribution is 5.45. The molecule has 0 fully saturated rings. The smallest absolute Gasteiger partial charge is 0.161 e. The SMILES string of the molecule is COc1ccc(CNC(C)c2ccc3c(c2)OCCO3)c(OC)c1. The molecular weight excluding hydrogens is 306 g/mol. The minimum atomic E-state index is 0.174. The van der Waals surface area contributed by atoms with Crippen molar-refractivity contribution >= 4 is 0 Å². The first-order valence-electron chi connectivity index (χ1n) is 8.05. The third kappa shape index (κ3) is 3.57. The average Bonchev–Trinajstić information content (AvgIpc) is 2.65. The Hall–Kier alpha value is -2.40. The normalized spacial score (nSPS) is 14.1. The van der Waals surface area contributed by atoms with Gasteiger partial charge in [0.05, 0.1) is 14.2 Å². The lowest BCUT2D eigenvalue weighted by molar-refractivity contribution is 0.171. The van der Waals surface area contributed by atoms with Gasteiger partial charge in [-0.05, 0) is 30.7 Å². The van der Waals surface area contributed by atoms with Gasteiger partial charge in [-0.2, -0.15) is 0 Å². The Kier molecular flexibility index (Phi) is 5.11. The molecule has 5 heteroatoms. The van der Waals surface area contributed by atoms with Crippen molar-refractivity contribution in [3.05, 3.63) is 47.5 Å². The van der Waals surface area contributed by atoms with E-state index in [2.05, 4.69) is 18.3 Å². The number of nitrogens with one attached hydrogen (secondary N) is 1. The van der Waals surface area contributed by atoms with Gasteiger partial charge in [-0.25, -0.2) is 0 Å². The second kappa shape index (κ2) is 7.45. The highest BCUT2D eigenvalue weighted by atomic mass is 16.6. The molecule has 0 aromatic heterocycles. The van der Waals surface area contributed by atoms with E-state index >= 15 is 0 Å². The highest BCUT2D eigenvalue weighted by Crippen LogP contribution is 2.33. The van der Waals surface area contributed by atoms with Crippen molar-refractivity contribution in [2.24, 2.45) is 0 Å². The van der Waals surface area contributed by atoms with Crippen LogP contribution in [0.4, 0.5) is 0 Å². The fourth-order valence-corrected chi connectivity index (χ4v) is 2.71. The van der Waals surface area contributed by atoms with E-state index in [-0.39, 0.29) is 6.04 Å². The molecule has 0 bridgehead atoms. The topological polar surface area (TPSA) is 49.0 Å². The fraction of sp³-hybridized carbons (Fsp3) is 0.368. The Labute approximate surface area is 142 Å². The van der Waals surface area contributed by atoms with Gasteiger partial charge in [0.1, 0.15) is 24.7 Å². The van der Waals surface area contributed by atoms with E-state index in [4.69, 9.17) is 18.9 Å². The van der Waals surface area contributed by atoms with Gasteiger partial charge >= 0.3 is 0 Å². The first-order chi connectivity index (χ1) is 11.7. The molecule has 0 saturated heterocycles. The van der Waals surface area contributed by atoms with Crippen LogP contribution in [-0.4, -0.2) is 27.4 Å². The van der Waals surface area contributed by atoms with Crippen LogP contribution >= 0.6 is 0 Å². The summed E-state index contributed by atoms with van der Waals surface area (Å²) in [6.45, 7) is 4.03. The predicted octanol–water partition coefficient (Wildman–Crippen LogP) is 3.33. The summed E-state index contributed by atoms with van der Waals surface area (Å²) in [7, 11) is 3.32. The Morgan fingerprint density at radius 2 is 1.79 bits per heavy atom. The molecule has 1 heterocycles. The third-order valence-corrected chi connectivity index (χ3v) is 4.16. The largest absolute Gasteiger partial charge is 0.497 e. The summed E-state index contributed by atoms with van der Waals surface area (Å²) in [5, 5.41) is 3.52. The van der Waals surface area contributed by atoms with Crippen molar-refractivity contribution in [3.63, 3.8) is 0 Å². The number of ether oxygens (including phenoxy) is 4. The van der Waals surface area contributed by atoms with E-state index < -0.39 is 0 Å². The van der Waals surface area contributed by atoms with Crippen molar-refractivity contribution in [1.82, 2.24) is 5.32 Å². The van der Waals surface area contributed by atoms with Crippen LogP contribution in [0.25, 0.3) is 0 Å². The molecule has 5 nitrogen and oxygen atoms in total. The number of benzene rings is 2. The minimum absolute atomic E-state index is 0.174. The van der Waals surface area contributed by atoms with Crippen molar-refractivity contribution in [2.45, 2.75) is 19.5 Å². The van der Waals surface area contributed by atoms with Crippen LogP contribution in [0.2, 0.25) is 0 Å². The molecule has 24 heavy (non-hydrogen) atoms. The van der Waals surface area contributed by atoms with Crippen LogP contribution in [0, 0.1) is 0 Å². The number of methoxy groups -OCH3 is 2. The van der Waals surface area contributed by atoms with Crippen molar-refractivity contribution < 1.29 is 18.9 Å². The van der Waals surface area contributed by atoms with Gasteiger partial charge in [-0.15, -0.1) is 0 Å². The molecule has 1 N–H and O–H groups in total.